The topological polar surface area (TPSA) is 60.4 Å². The van der Waals surface area contributed by atoms with E-state index in [1.165, 1.54) is 12.8 Å². The van der Waals surface area contributed by atoms with Gasteiger partial charge in [-0.3, -0.25) is 4.79 Å². The molecule has 2 aliphatic carbocycles. The van der Waals surface area contributed by atoms with Crippen molar-refractivity contribution in [2.45, 2.75) is 32.1 Å². The fraction of sp³-hybridized carbons (Fsp3) is 0.733. The summed E-state index contributed by atoms with van der Waals surface area (Å²) in [7, 11) is 0. The van der Waals surface area contributed by atoms with E-state index in [4.69, 9.17) is 0 Å². The van der Waals surface area contributed by atoms with E-state index in [-0.39, 0.29) is 23.7 Å². The number of rotatable bonds is 2. The highest BCUT2D eigenvalue weighted by Gasteiger charge is 2.49. The first-order valence-electron chi connectivity index (χ1n) is 7.36. The zero-order chi connectivity index (χ0) is 13.4. The molecular formula is C15H20NO3-. The molecule has 1 amide bonds. The Morgan fingerprint density at radius 1 is 0.947 bits per heavy atom. The van der Waals surface area contributed by atoms with Gasteiger partial charge in [-0.15, -0.1) is 0 Å². The average Bonchev–Trinajstić information content (AvgIpc) is 2.89. The fourth-order valence-electron chi connectivity index (χ4n) is 3.98. The number of allylic oxidation sites excluding steroid dienone is 2. The molecule has 1 saturated heterocycles. The normalized spacial score (nSPS) is 37.4. The lowest BCUT2D eigenvalue weighted by molar-refractivity contribution is -0.313. The van der Waals surface area contributed by atoms with E-state index < -0.39 is 11.9 Å². The SMILES string of the molecule is O=C([O-])[C@@H]1[C@H](C(=O)N2CCCCCC2)[C@H]2C=C[C@@H]1C2. The van der Waals surface area contributed by atoms with Crippen molar-refractivity contribution in [3.63, 3.8) is 0 Å². The highest BCUT2D eigenvalue weighted by Crippen LogP contribution is 2.48. The number of likely N-dealkylation sites (tertiary alicyclic amines) is 1. The highest BCUT2D eigenvalue weighted by molar-refractivity contribution is 5.86. The van der Waals surface area contributed by atoms with Crippen LogP contribution in [0.25, 0.3) is 0 Å². The van der Waals surface area contributed by atoms with Gasteiger partial charge in [0.2, 0.25) is 5.91 Å². The van der Waals surface area contributed by atoms with Crippen molar-refractivity contribution in [3.8, 4) is 0 Å². The molecule has 4 heteroatoms. The van der Waals surface area contributed by atoms with Crippen LogP contribution in [0.2, 0.25) is 0 Å². The Morgan fingerprint density at radius 2 is 1.53 bits per heavy atom. The van der Waals surface area contributed by atoms with E-state index in [9.17, 15) is 14.7 Å². The molecule has 1 aliphatic heterocycles. The molecule has 2 fully saturated rings. The standard InChI is InChI=1S/C15H21NO3/c17-14(16-7-3-1-2-4-8-16)12-10-5-6-11(9-10)13(12)15(18)19/h5-6,10-13H,1-4,7-9H2,(H,18,19)/p-1/t10-,11+,12+,13-/m0/s1. The quantitative estimate of drug-likeness (QED) is 0.684. The molecule has 4 nitrogen and oxygen atoms in total. The number of fused-ring (bicyclic) bond motifs is 2. The lowest BCUT2D eigenvalue weighted by Gasteiger charge is -2.32. The van der Waals surface area contributed by atoms with Crippen LogP contribution in [0.4, 0.5) is 0 Å². The highest BCUT2D eigenvalue weighted by atomic mass is 16.4. The summed E-state index contributed by atoms with van der Waals surface area (Å²) in [4.78, 5) is 25.9. The summed E-state index contributed by atoms with van der Waals surface area (Å²) in [6, 6.07) is 0. The molecule has 1 saturated carbocycles. The van der Waals surface area contributed by atoms with E-state index in [2.05, 4.69) is 0 Å². The van der Waals surface area contributed by atoms with Gasteiger partial charge in [-0.05, 0) is 31.1 Å². The molecule has 3 aliphatic rings. The third-order valence-electron chi connectivity index (χ3n) is 4.93. The zero-order valence-electron chi connectivity index (χ0n) is 11.1. The van der Waals surface area contributed by atoms with Crippen LogP contribution in [-0.4, -0.2) is 29.9 Å². The lowest BCUT2D eigenvalue weighted by atomic mass is 9.82. The number of amides is 1. The first-order chi connectivity index (χ1) is 9.18. The monoisotopic (exact) mass is 262 g/mol. The Morgan fingerprint density at radius 3 is 2.11 bits per heavy atom. The molecule has 1 heterocycles. The van der Waals surface area contributed by atoms with Crippen molar-refractivity contribution in [2.24, 2.45) is 23.7 Å². The van der Waals surface area contributed by atoms with Gasteiger partial charge >= 0.3 is 0 Å². The number of aliphatic carboxylic acids is 1. The Labute approximate surface area is 113 Å². The molecular weight excluding hydrogens is 242 g/mol. The Hall–Kier alpha value is -1.32. The largest absolute Gasteiger partial charge is 0.550 e. The molecule has 0 aromatic rings. The van der Waals surface area contributed by atoms with Gasteiger partial charge in [0.1, 0.15) is 0 Å². The van der Waals surface area contributed by atoms with Crippen LogP contribution < -0.4 is 5.11 Å². The molecule has 4 atom stereocenters. The van der Waals surface area contributed by atoms with Crippen LogP contribution in [0.1, 0.15) is 32.1 Å². The van der Waals surface area contributed by atoms with E-state index in [1.54, 1.807) is 0 Å². The molecule has 2 bridgehead atoms. The number of carbonyl (C=O) groups excluding carboxylic acids is 2. The van der Waals surface area contributed by atoms with Crippen molar-refractivity contribution >= 4 is 11.9 Å². The maximum Gasteiger partial charge on any atom is 0.226 e. The van der Waals surface area contributed by atoms with Crippen molar-refractivity contribution in [1.29, 1.82) is 0 Å². The predicted molar refractivity (Wildman–Crippen MR) is 67.8 cm³/mol. The van der Waals surface area contributed by atoms with Crippen molar-refractivity contribution in [2.75, 3.05) is 13.1 Å². The molecule has 0 aromatic heterocycles. The minimum absolute atomic E-state index is 0.0101. The third kappa shape index (κ3) is 2.17. The summed E-state index contributed by atoms with van der Waals surface area (Å²) < 4.78 is 0. The number of carboxylic acids is 1. The summed E-state index contributed by atoms with van der Waals surface area (Å²) in [5.74, 6) is -1.86. The fourth-order valence-corrected chi connectivity index (χ4v) is 3.98. The van der Waals surface area contributed by atoms with Crippen LogP contribution in [0.5, 0.6) is 0 Å². The molecule has 104 valence electrons. The number of hydrogen-bond donors (Lipinski definition) is 0. The second-order valence-electron chi connectivity index (χ2n) is 6.06. The van der Waals surface area contributed by atoms with Crippen LogP contribution in [0, 0.1) is 23.7 Å². The summed E-state index contributed by atoms with van der Waals surface area (Å²) in [6.07, 6.45) is 9.22. The summed E-state index contributed by atoms with van der Waals surface area (Å²) in [6.45, 7) is 1.58. The van der Waals surface area contributed by atoms with Crippen LogP contribution in [0.3, 0.4) is 0 Å². The molecule has 3 rings (SSSR count). The maximum absolute atomic E-state index is 12.7. The van der Waals surface area contributed by atoms with Gasteiger partial charge in [0.15, 0.2) is 0 Å². The van der Waals surface area contributed by atoms with Crippen LogP contribution in [-0.2, 0) is 9.59 Å². The number of carbonyl (C=O) groups is 2. The summed E-state index contributed by atoms with van der Waals surface area (Å²) >= 11 is 0. The Bertz CT molecular complexity index is 410. The van der Waals surface area contributed by atoms with Gasteiger partial charge in [-0.1, -0.05) is 25.0 Å². The van der Waals surface area contributed by atoms with Gasteiger partial charge in [-0.25, -0.2) is 0 Å². The zero-order valence-corrected chi connectivity index (χ0v) is 11.1. The molecule has 19 heavy (non-hydrogen) atoms. The third-order valence-corrected chi connectivity index (χ3v) is 4.93. The number of hydrogen-bond acceptors (Lipinski definition) is 3. The Balaban J connectivity index is 1.78. The van der Waals surface area contributed by atoms with Crippen molar-refractivity contribution in [3.05, 3.63) is 12.2 Å². The van der Waals surface area contributed by atoms with Gasteiger partial charge in [0.25, 0.3) is 0 Å². The predicted octanol–water partition coefficient (Wildman–Crippen LogP) is 0.577. The van der Waals surface area contributed by atoms with Gasteiger partial charge in [0, 0.05) is 25.0 Å². The van der Waals surface area contributed by atoms with Gasteiger partial charge in [-0.2, -0.15) is 0 Å². The van der Waals surface area contributed by atoms with E-state index >= 15 is 0 Å². The van der Waals surface area contributed by atoms with E-state index in [1.807, 2.05) is 17.1 Å². The smallest absolute Gasteiger partial charge is 0.226 e. The Kier molecular flexibility index (Phi) is 3.33. The van der Waals surface area contributed by atoms with Gasteiger partial charge < -0.3 is 14.8 Å². The molecule has 0 unspecified atom stereocenters. The summed E-state index contributed by atoms with van der Waals surface area (Å²) in [5, 5.41) is 11.3. The van der Waals surface area contributed by atoms with Gasteiger partial charge in [0.05, 0.1) is 5.92 Å². The second kappa shape index (κ2) is 4.99. The molecule has 0 aromatic carbocycles. The molecule has 0 radical (unpaired) electrons. The minimum atomic E-state index is -1.05. The summed E-state index contributed by atoms with van der Waals surface area (Å²) in [5.41, 5.74) is 0. The second-order valence-corrected chi connectivity index (χ2v) is 6.06. The van der Waals surface area contributed by atoms with Crippen LogP contribution in [0.15, 0.2) is 12.2 Å². The maximum atomic E-state index is 12.7. The number of nitrogens with zero attached hydrogens (tertiary/aromatic N) is 1. The van der Waals surface area contributed by atoms with Crippen LogP contribution >= 0.6 is 0 Å². The van der Waals surface area contributed by atoms with E-state index in [0.717, 1.165) is 32.4 Å². The molecule has 0 spiro atoms. The van der Waals surface area contributed by atoms with E-state index in [0.29, 0.717) is 0 Å². The van der Waals surface area contributed by atoms with Crippen molar-refractivity contribution < 1.29 is 14.7 Å². The number of carboxylic acid groups (broad SMARTS) is 1. The van der Waals surface area contributed by atoms with Crippen molar-refractivity contribution in [1.82, 2.24) is 4.90 Å². The average molecular weight is 262 g/mol. The first kappa shape index (κ1) is 12.7. The minimum Gasteiger partial charge on any atom is -0.550 e. The lowest BCUT2D eigenvalue weighted by Crippen LogP contribution is -2.46. The first-order valence-corrected chi connectivity index (χ1v) is 7.36. The molecule has 0 N–H and O–H groups in total.